The van der Waals surface area contributed by atoms with Gasteiger partial charge in [0.1, 0.15) is 5.78 Å². The lowest BCUT2D eigenvalue weighted by Gasteiger charge is -2.04. The van der Waals surface area contributed by atoms with Crippen LogP contribution in [0, 0.1) is 0 Å². The molecule has 19 heavy (non-hydrogen) atoms. The molecule has 1 saturated carbocycles. The number of carbonyl (C=O) groups excluding carboxylic acids is 1. The molecule has 1 aliphatic rings. The molecule has 1 fully saturated rings. The highest BCUT2D eigenvalue weighted by Crippen LogP contribution is 2.33. The summed E-state index contributed by atoms with van der Waals surface area (Å²) in [6, 6.07) is 6.80. The van der Waals surface area contributed by atoms with Crippen LogP contribution >= 0.6 is 0 Å². The van der Waals surface area contributed by atoms with Gasteiger partial charge in [-0.25, -0.2) is 8.42 Å². The maximum absolute atomic E-state index is 12.0. The fourth-order valence-electron chi connectivity index (χ4n) is 2.06. The maximum atomic E-state index is 12.0. The van der Waals surface area contributed by atoms with Gasteiger partial charge in [-0.15, -0.1) is 0 Å². The Morgan fingerprint density at radius 3 is 2.37 bits per heavy atom. The highest BCUT2D eigenvalue weighted by atomic mass is 32.2. The first-order chi connectivity index (χ1) is 9.04. The summed E-state index contributed by atoms with van der Waals surface area (Å²) in [6.45, 7) is 2.06. The van der Waals surface area contributed by atoms with Crippen LogP contribution in [0.25, 0.3) is 0 Å². The number of rotatable bonds is 7. The molecule has 0 saturated heterocycles. The Kier molecular flexibility index (Phi) is 4.40. The number of benzene rings is 1. The van der Waals surface area contributed by atoms with Gasteiger partial charge in [-0.05, 0) is 37.0 Å². The SMILES string of the molecule is CCCCC(=O)Cc1ccc(S(=O)(=O)C2CC2)cc1. The van der Waals surface area contributed by atoms with E-state index in [1.54, 1.807) is 24.3 Å². The number of hydrogen-bond acceptors (Lipinski definition) is 3. The van der Waals surface area contributed by atoms with Gasteiger partial charge in [-0.1, -0.05) is 25.5 Å². The van der Waals surface area contributed by atoms with Crippen molar-refractivity contribution in [3.8, 4) is 0 Å². The lowest BCUT2D eigenvalue weighted by molar-refractivity contribution is -0.118. The van der Waals surface area contributed by atoms with E-state index in [1.165, 1.54) is 0 Å². The van der Waals surface area contributed by atoms with E-state index in [-0.39, 0.29) is 11.0 Å². The number of hydrogen-bond donors (Lipinski definition) is 0. The van der Waals surface area contributed by atoms with E-state index in [9.17, 15) is 13.2 Å². The molecule has 3 nitrogen and oxygen atoms in total. The lowest BCUT2D eigenvalue weighted by atomic mass is 10.1. The Bertz CT molecular complexity index is 539. The summed E-state index contributed by atoms with van der Waals surface area (Å²) in [6.07, 6.45) is 4.51. The molecular formula is C15H20O3S. The molecule has 0 heterocycles. The van der Waals surface area contributed by atoms with Crippen LogP contribution in [0.3, 0.4) is 0 Å². The number of carbonyl (C=O) groups is 1. The van der Waals surface area contributed by atoms with Crippen LogP contribution in [-0.4, -0.2) is 19.5 Å². The van der Waals surface area contributed by atoms with Crippen LogP contribution in [0.2, 0.25) is 0 Å². The predicted molar refractivity (Wildman–Crippen MR) is 74.9 cm³/mol. The Labute approximate surface area is 114 Å². The van der Waals surface area contributed by atoms with Crippen LogP contribution in [0.5, 0.6) is 0 Å². The molecule has 104 valence electrons. The van der Waals surface area contributed by atoms with Gasteiger partial charge in [-0.2, -0.15) is 0 Å². The monoisotopic (exact) mass is 280 g/mol. The predicted octanol–water partition coefficient (Wildman–Crippen LogP) is 2.92. The number of sulfone groups is 1. The third-order valence-corrected chi connectivity index (χ3v) is 5.70. The second kappa shape index (κ2) is 5.87. The number of unbranched alkanes of at least 4 members (excludes halogenated alkanes) is 1. The fraction of sp³-hybridized carbons (Fsp3) is 0.533. The Balaban J connectivity index is 2.00. The summed E-state index contributed by atoms with van der Waals surface area (Å²) in [7, 11) is -3.11. The zero-order chi connectivity index (χ0) is 13.9. The molecule has 1 aromatic carbocycles. The Morgan fingerprint density at radius 2 is 1.84 bits per heavy atom. The van der Waals surface area contributed by atoms with E-state index in [1.807, 2.05) is 0 Å². The molecule has 1 aromatic rings. The van der Waals surface area contributed by atoms with Gasteiger partial charge in [0.05, 0.1) is 10.1 Å². The standard InChI is InChI=1S/C15H20O3S/c1-2-3-4-13(16)11-12-5-7-14(8-6-12)19(17,18)15-9-10-15/h5-8,15H,2-4,9-11H2,1H3. The van der Waals surface area contributed by atoms with Crippen molar-refractivity contribution in [2.24, 2.45) is 0 Å². The van der Waals surface area contributed by atoms with Gasteiger partial charge in [0.15, 0.2) is 9.84 Å². The molecule has 0 aliphatic heterocycles. The van der Waals surface area contributed by atoms with E-state index < -0.39 is 9.84 Å². The molecule has 4 heteroatoms. The van der Waals surface area contributed by atoms with Crippen molar-refractivity contribution in [1.29, 1.82) is 0 Å². The maximum Gasteiger partial charge on any atom is 0.181 e. The summed E-state index contributed by atoms with van der Waals surface area (Å²) < 4.78 is 24.0. The van der Waals surface area contributed by atoms with E-state index in [4.69, 9.17) is 0 Å². The summed E-state index contributed by atoms with van der Waals surface area (Å²) in [5.41, 5.74) is 0.899. The van der Waals surface area contributed by atoms with Crippen molar-refractivity contribution in [3.05, 3.63) is 29.8 Å². The second-order valence-electron chi connectivity index (χ2n) is 5.21. The first-order valence-electron chi connectivity index (χ1n) is 6.88. The molecule has 0 spiro atoms. The highest BCUT2D eigenvalue weighted by molar-refractivity contribution is 7.92. The average molecular weight is 280 g/mol. The van der Waals surface area contributed by atoms with Gasteiger partial charge in [0.25, 0.3) is 0 Å². The van der Waals surface area contributed by atoms with E-state index in [2.05, 4.69) is 6.92 Å². The first-order valence-corrected chi connectivity index (χ1v) is 8.43. The summed E-state index contributed by atoms with van der Waals surface area (Å²) in [4.78, 5) is 12.0. The van der Waals surface area contributed by atoms with Gasteiger partial charge in [-0.3, -0.25) is 4.79 Å². The van der Waals surface area contributed by atoms with Crippen molar-refractivity contribution in [1.82, 2.24) is 0 Å². The third-order valence-electron chi connectivity index (χ3n) is 3.43. The molecule has 0 aromatic heterocycles. The highest BCUT2D eigenvalue weighted by Gasteiger charge is 2.36. The normalized spacial score (nSPS) is 15.4. The van der Waals surface area contributed by atoms with Gasteiger partial charge in [0, 0.05) is 12.8 Å². The molecule has 0 amide bonds. The van der Waals surface area contributed by atoms with Gasteiger partial charge < -0.3 is 0 Å². The van der Waals surface area contributed by atoms with Gasteiger partial charge >= 0.3 is 0 Å². The van der Waals surface area contributed by atoms with Crippen LogP contribution in [0.15, 0.2) is 29.2 Å². The largest absolute Gasteiger partial charge is 0.299 e. The van der Waals surface area contributed by atoms with E-state index >= 15 is 0 Å². The second-order valence-corrected chi connectivity index (χ2v) is 7.44. The van der Waals surface area contributed by atoms with Crippen LogP contribution in [-0.2, 0) is 21.1 Å². The van der Waals surface area contributed by atoms with Crippen LogP contribution < -0.4 is 0 Å². The molecule has 1 aliphatic carbocycles. The average Bonchev–Trinajstić information content (AvgIpc) is 3.21. The smallest absolute Gasteiger partial charge is 0.181 e. The zero-order valence-electron chi connectivity index (χ0n) is 11.3. The summed E-state index contributed by atoms with van der Waals surface area (Å²) >= 11 is 0. The van der Waals surface area contributed by atoms with E-state index in [0.29, 0.717) is 17.7 Å². The number of ketones is 1. The molecule has 0 radical (unpaired) electrons. The molecule has 0 atom stereocenters. The first kappa shape index (κ1) is 14.3. The minimum absolute atomic E-state index is 0.176. The van der Waals surface area contributed by atoms with Crippen molar-refractivity contribution in [2.45, 2.75) is 55.6 Å². The lowest BCUT2D eigenvalue weighted by Crippen LogP contribution is -2.07. The van der Waals surface area contributed by atoms with Crippen LogP contribution in [0.4, 0.5) is 0 Å². The van der Waals surface area contributed by atoms with Crippen molar-refractivity contribution in [2.75, 3.05) is 0 Å². The van der Waals surface area contributed by atoms with Gasteiger partial charge in [0.2, 0.25) is 0 Å². The quantitative estimate of drug-likeness (QED) is 0.771. The minimum Gasteiger partial charge on any atom is -0.299 e. The summed E-state index contributed by atoms with van der Waals surface area (Å²) in [5, 5.41) is -0.176. The van der Waals surface area contributed by atoms with Crippen LogP contribution in [0.1, 0.15) is 44.6 Å². The molecule has 0 N–H and O–H groups in total. The topological polar surface area (TPSA) is 51.2 Å². The number of Topliss-reactive ketones (excluding diaryl/α,β-unsaturated/α-hetero) is 1. The Morgan fingerprint density at radius 1 is 1.21 bits per heavy atom. The molecular weight excluding hydrogens is 260 g/mol. The minimum atomic E-state index is -3.11. The molecule has 2 rings (SSSR count). The summed E-state index contributed by atoms with van der Waals surface area (Å²) in [5.74, 6) is 0.222. The van der Waals surface area contributed by atoms with E-state index in [0.717, 1.165) is 31.2 Å². The van der Waals surface area contributed by atoms with Crippen molar-refractivity contribution >= 4 is 15.6 Å². The fourth-order valence-corrected chi connectivity index (χ4v) is 3.71. The molecule has 0 unspecified atom stereocenters. The van der Waals surface area contributed by atoms with Crippen molar-refractivity contribution < 1.29 is 13.2 Å². The molecule has 0 bridgehead atoms. The zero-order valence-corrected chi connectivity index (χ0v) is 12.1. The Hall–Kier alpha value is -1.16. The van der Waals surface area contributed by atoms with Crippen molar-refractivity contribution in [3.63, 3.8) is 0 Å². The third kappa shape index (κ3) is 3.66.